The predicted octanol–water partition coefficient (Wildman–Crippen LogP) is 3.67. The third kappa shape index (κ3) is 23.8. The maximum atomic E-state index is 12.3. The lowest BCUT2D eigenvalue weighted by Gasteiger charge is -2.22. The second-order valence-electron chi connectivity index (χ2n) is 10.5. The molecule has 14 heteroatoms. The number of anilines is 1. The first-order valence-electron chi connectivity index (χ1n) is 15.6. The van der Waals surface area contributed by atoms with Crippen LogP contribution in [0.2, 0.25) is 0 Å². The van der Waals surface area contributed by atoms with Gasteiger partial charge in [-0.3, -0.25) is 24.0 Å². The number of carbonyl (C=O) groups is 6. The summed E-state index contributed by atoms with van der Waals surface area (Å²) in [6, 6.07) is 14.8. The maximum Gasteiger partial charge on any atom is 0.335 e. The highest BCUT2D eigenvalue weighted by Crippen LogP contribution is 2.12. The third-order valence-corrected chi connectivity index (χ3v) is 6.67. The van der Waals surface area contributed by atoms with Crippen LogP contribution in [0.3, 0.4) is 0 Å². The molecule has 0 saturated heterocycles. The Balaban J connectivity index is 0. The monoisotopic (exact) mass is 691 g/mol. The fraction of sp³-hybridized carbons (Fsp3) is 0.471. The molecule has 0 aromatic heterocycles. The maximum absolute atomic E-state index is 12.3. The molecule has 0 spiro atoms. The number of carboxylic acids is 2. The zero-order valence-corrected chi connectivity index (χ0v) is 29.8. The van der Waals surface area contributed by atoms with Gasteiger partial charge in [-0.2, -0.15) is 11.8 Å². The van der Waals surface area contributed by atoms with E-state index in [0.717, 1.165) is 0 Å². The summed E-state index contributed by atoms with van der Waals surface area (Å²) >= 11 is 1.86. The van der Waals surface area contributed by atoms with Crippen molar-refractivity contribution in [3.8, 4) is 0 Å². The van der Waals surface area contributed by atoms with Crippen LogP contribution >= 0.6 is 11.8 Å². The predicted molar refractivity (Wildman–Crippen MR) is 191 cm³/mol. The van der Waals surface area contributed by atoms with Crippen molar-refractivity contribution in [1.29, 1.82) is 0 Å². The first kappa shape index (κ1) is 45.7. The summed E-state index contributed by atoms with van der Waals surface area (Å²) in [7, 11) is 0. The summed E-state index contributed by atoms with van der Waals surface area (Å²) in [4.78, 5) is 68.7. The van der Waals surface area contributed by atoms with Gasteiger partial charge < -0.3 is 37.2 Å². The number of rotatable bonds is 14. The standard InChI is InChI=1S/C21H31N5O6.C7H8.C3H6O2.C3H8S/c1-4-14(9-16(27)25-15-7-5-6-13(8-15)21(31)32)24-18(29)11-23-20(30)19(12(2)3)26-17(28)10-22;1-7-5-3-2-4-6-7;1-2-3(4)5;1-3-4-2/h5-8,12,14,19H,4,9-11,22H2,1-3H3,(H,23,30)(H,24,29)(H,25,27)(H,26,28)(H,31,32);2-6H,1H3;2H2,1H3,(H,4,5);3H2,1-2H3. The summed E-state index contributed by atoms with van der Waals surface area (Å²) in [6.45, 7) is 10.5. The molecule has 0 saturated carbocycles. The number of nitrogens with one attached hydrogen (secondary N) is 4. The van der Waals surface area contributed by atoms with Gasteiger partial charge in [-0.15, -0.1) is 0 Å². The van der Waals surface area contributed by atoms with E-state index in [9.17, 15) is 28.8 Å². The van der Waals surface area contributed by atoms with E-state index in [-0.39, 0.29) is 37.4 Å². The van der Waals surface area contributed by atoms with Gasteiger partial charge in [0.15, 0.2) is 0 Å². The van der Waals surface area contributed by atoms with E-state index in [2.05, 4.69) is 53.5 Å². The first-order valence-corrected chi connectivity index (χ1v) is 17.0. The lowest BCUT2D eigenvalue weighted by Crippen LogP contribution is -2.53. The minimum absolute atomic E-state index is 0.0331. The van der Waals surface area contributed by atoms with E-state index in [1.54, 1.807) is 33.8 Å². The van der Waals surface area contributed by atoms with Crippen LogP contribution in [0.5, 0.6) is 0 Å². The summed E-state index contributed by atoms with van der Waals surface area (Å²) in [5.74, 6) is -2.70. The average Bonchev–Trinajstić information content (AvgIpc) is 3.06. The Bertz CT molecular complexity index is 1260. The van der Waals surface area contributed by atoms with Crippen molar-refractivity contribution < 1.29 is 39.0 Å². The molecule has 0 fully saturated rings. The normalized spacial score (nSPS) is 10.9. The summed E-state index contributed by atoms with van der Waals surface area (Å²) < 4.78 is 0. The molecule has 2 aromatic rings. The molecule has 48 heavy (non-hydrogen) atoms. The molecule has 4 amide bonds. The Kier molecular flexibility index (Phi) is 26.3. The molecule has 0 aliphatic carbocycles. The van der Waals surface area contributed by atoms with Crippen LogP contribution in [-0.2, 0) is 24.0 Å². The minimum atomic E-state index is -1.11. The number of aryl methyl sites for hydroxylation is 1. The van der Waals surface area contributed by atoms with Gasteiger partial charge in [0.1, 0.15) is 6.04 Å². The lowest BCUT2D eigenvalue weighted by atomic mass is 10.0. The molecule has 0 aliphatic heterocycles. The van der Waals surface area contributed by atoms with Crippen LogP contribution in [-0.4, -0.2) is 83.0 Å². The van der Waals surface area contributed by atoms with Crippen molar-refractivity contribution in [2.75, 3.05) is 30.4 Å². The zero-order valence-electron chi connectivity index (χ0n) is 29.0. The van der Waals surface area contributed by atoms with Gasteiger partial charge in [0.2, 0.25) is 23.6 Å². The number of nitrogens with two attached hydrogens (primary N) is 1. The SMILES string of the molecule is CCC(=O)O.CCC(CC(=O)Nc1cccc(C(=O)O)c1)NC(=O)CNC(=O)C(NC(=O)CN)C(C)C.CCSC.Cc1ccccc1. The van der Waals surface area contributed by atoms with Gasteiger partial charge >= 0.3 is 11.9 Å². The van der Waals surface area contributed by atoms with E-state index < -0.39 is 47.7 Å². The molecule has 0 bridgehead atoms. The summed E-state index contributed by atoms with van der Waals surface area (Å²) in [5, 5.41) is 27.0. The molecule has 2 aromatic carbocycles. The Morgan fingerprint density at radius 1 is 0.854 bits per heavy atom. The van der Waals surface area contributed by atoms with Crippen LogP contribution in [0.4, 0.5) is 5.69 Å². The van der Waals surface area contributed by atoms with Gasteiger partial charge in [-0.25, -0.2) is 4.79 Å². The van der Waals surface area contributed by atoms with Crippen molar-refractivity contribution in [3.05, 3.63) is 65.7 Å². The Morgan fingerprint density at radius 2 is 1.44 bits per heavy atom. The molecule has 2 atom stereocenters. The number of aromatic carboxylic acids is 1. The van der Waals surface area contributed by atoms with Crippen LogP contribution in [0.1, 0.15) is 69.8 Å². The number of aliphatic carboxylic acids is 1. The number of carbonyl (C=O) groups excluding carboxylic acids is 4. The van der Waals surface area contributed by atoms with Gasteiger partial charge in [0, 0.05) is 24.6 Å². The number of hydrogen-bond acceptors (Lipinski definition) is 8. The quantitative estimate of drug-likeness (QED) is 0.152. The Morgan fingerprint density at radius 3 is 1.85 bits per heavy atom. The molecule has 2 unspecified atom stereocenters. The molecule has 2 rings (SSSR count). The van der Waals surface area contributed by atoms with Crippen molar-refractivity contribution in [3.63, 3.8) is 0 Å². The third-order valence-electron chi connectivity index (χ3n) is 6.09. The van der Waals surface area contributed by atoms with Crippen molar-refractivity contribution >= 4 is 53.0 Å². The van der Waals surface area contributed by atoms with E-state index in [4.69, 9.17) is 15.9 Å². The second kappa shape index (κ2) is 27.7. The van der Waals surface area contributed by atoms with Crippen molar-refractivity contribution in [1.82, 2.24) is 16.0 Å². The highest BCUT2D eigenvalue weighted by atomic mass is 32.2. The zero-order chi connectivity index (χ0) is 37.1. The molecular weight excluding hydrogens is 638 g/mol. The number of thioether (sulfide) groups is 1. The molecule has 13 nitrogen and oxygen atoms in total. The number of benzene rings is 2. The minimum Gasteiger partial charge on any atom is -0.481 e. The lowest BCUT2D eigenvalue weighted by molar-refractivity contribution is -0.136. The summed E-state index contributed by atoms with van der Waals surface area (Å²) in [6.07, 6.45) is 2.75. The van der Waals surface area contributed by atoms with E-state index in [1.165, 1.54) is 29.5 Å². The second-order valence-corrected chi connectivity index (χ2v) is 11.7. The van der Waals surface area contributed by atoms with Crippen molar-refractivity contribution in [2.45, 2.75) is 72.9 Å². The largest absolute Gasteiger partial charge is 0.481 e. The average molecular weight is 692 g/mol. The highest BCUT2D eigenvalue weighted by molar-refractivity contribution is 7.98. The molecule has 0 radical (unpaired) electrons. The van der Waals surface area contributed by atoms with Gasteiger partial charge in [0.25, 0.3) is 0 Å². The fourth-order valence-corrected chi connectivity index (χ4v) is 3.32. The Labute approximate surface area is 288 Å². The molecule has 8 N–H and O–H groups in total. The van der Waals surface area contributed by atoms with Gasteiger partial charge in [-0.1, -0.05) is 76.6 Å². The molecule has 0 heterocycles. The Hall–Kier alpha value is -4.43. The first-order chi connectivity index (χ1) is 22.6. The topological polar surface area (TPSA) is 217 Å². The number of carboxylic acid groups (broad SMARTS) is 2. The molecular formula is C34H53N5O8S. The fourth-order valence-electron chi connectivity index (χ4n) is 3.32. The highest BCUT2D eigenvalue weighted by Gasteiger charge is 2.24. The smallest absolute Gasteiger partial charge is 0.335 e. The van der Waals surface area contributed by atoms with Crippen LogP contribution < -0.4 is 27.0 Å². The molecule has 0 aliphatic rings. The number of amides is 4. The summed E-state index contributed by atoms with van der Waals surface area (Å²) in [5.41, 5.74) is 6.96. The van der Waals surface area contributed by atoms with E-state index in [1.807, 2.05) is 30.0 Å². The van der Waals surface area contributed by atoms with Crippen molar-refractivity contribution in [2.24, 2.45) is 11.7 Å². The van der Waals surface area contributed by atoms with Crippen LogP contribution in [0.15, 0.2) is 54.6 Å². The van der Waals surface area contributed by atoms with Crippen LogP contribution in [0.25, 0.3) is 0 Å². The van der Waals surface area contributed by atoms with Gasteiger partial charge in [0.05, 0.1) is 18.7 Å². The van der Waals surface area contributed by atoms with Gasteiger partial charge in [-0.05, 0) is 49.5 Å². The number of hydrogen-bond donors (Lipinski definition) is 7. The molecule has 268 valence electrons. The van der Waals surface area contributed by atoms with E-state index in [0.29, 0.717) is 12.1 Å². The van der Waals surface area contributed by atoms with E-state index >= 15 is 0 Å². The van der Waals surface area contributed by atoms with Crippen LogP contribution in [0, 0.1) is 12.8 Å².